The number of hydrogen-bond donors (Lipinski definition) is 1. The van der Waals surface area contributed by atoms with Crippen molar-refractivity contribution in [3.8, 4) is 0 Å². The maximum absolute atomic E-state index is 12.6. The molecule has 4 heteroatoms. The van der Waals surface area contributed by atoms with Crippen molar-refractivity contribution in [1.29, 1.82) is 0 Å². The fourth-order valence-corrected chi connectivity index (χ4v) is 4.91. The predicted molar refractivity (Wildman–Crippen MR) is 129 cm³/mol. The van der Waals surface area contributed by atoms with Crippen LogP contribution in [0.15, 0.2) is 60.7 Å². The van der Waals surface area contributed by atoms with E-state index in [1.165, 1.54) is 30.4 Å². The fourth-order valence-electron chi connectivity index (χ4n) is 4.91. The molecule has 0 radical (unpaired) electrons. The fraction of sp³-hybridized carbons (Fsp3) is 0.536. The van der Waals surface area contributed by atoms with E-state index in [1.54, 1.807) is 0 Å². The highest BCUT2D eigenvalue weighted by atomic mass is 16.6. The first kappa shape index (κ1) is 24.5. The van der Waals surface area contributed by atoms with Crippen molar-refractivity contribution in [2.75, 3.05) is 0 Å². The zero-order valence-electron chi connectivity index (χ0n) is 19.9. The molecule has 1 saturated carbocycles. The Hall–Kier alpha value is -2.17. The van der Waals surface area contributed by atoms with Crippen molar-refractivity contribution < 1.29 is 14.6 Å². The van der Waals surface area contributed by atoms with Gasteiger partial charge in [0.25, 0.3) is 0 Å². The van der Waals surface area contributed by atoms with E-state index >= 15 is 0 Å². The summed E-state index contributed by atoms with van der Waals surface area (Å²) in [6, 6.07) is 20.7. The number of aliphatic hydroxyl groups is 1. The third-order valence-electron chi connectivity index (χ3n) is 6.20. The number of nitrogens with zero attached hydrogens (tertiary/aromatic N) is 1. The molecule has 2 atom stereocenters. The minimum atomic E-state index is -0.764. The van der Waals surface area contributed by atoms with Gasteiger partial charge in [0, 0.05) is 19.1 Å². The van der Waals surface area contributed by atoms with E-state index in [0.29, 0.717) is 5.92 Å². The minimum absolute atomic E-state index is 0.0263. The maximum atomic E-state index is 12.6. The summed E-state index contributed by atoms with van der Waals surface area (Å²) in [6.45, 7) is 7.08. The molecule has 0 bridgehead atoms. The summed E-state index contributed by atoms with van der Waals surface area (Å²) in [7, 11) is 0. The molecule has 1 aliphatic carbocycles. The molecular formula is C28H39NO3. The van der Waals surface area contributed by atoms with Gasteiger partial charge in [-0.2, -0.15) is 0 Å². The first-order valence-electron chi connectivity index (χ1n) is 12.0. The van der Waals surface area contributed by atoms with E-state index in [-0.39, 0.29) is 18.4 Å². The number of carbonyl (C=O) groups is 1. The van der Waals surface area contributed by atoms with Crippen LogP contribution >= 0.6 is 0 Å². The van der Waals surface area contributed by atoms with Crippen LogP contribution in [0.25, 0.3) is 0 Å². The Labute approximate surface area is 193 Å². The second-order valence-electron chi connectivity index (χ2n) is 10.1. The zero-order valence-corrected chi connectivity index (χ0v) is 19.9. The van der Waals surface area contributed by atoms with E-state index in [9.17, 15) is 9.90 Å². The molecule has 32 heavy (non-hydrogen) atoms. The second kappa shape index (κ2) is 11.6. The third-order valence-corrected chi connectivity index (χ3v) is 6.20. The number of esters is 1. The first-order chi connectivity index (χ1) is 15.3. The van der Waals surface area contributed by atoms with E-state index in [1.807, 2.05) is 32.9 Å². The summed E-state index contributed by atoms with van der Waals surface area (Å²) in [6.07, 6.45) is 5.07. The first-order valence-corrected chi connectivity index (χ1v) is 12.0. The maximum Gasteiger partial charge on any atom is 0.308 e. The van der Waals surface area contributed by atoms with Crippen LogP contribution in [0.4, 0.5) is 0 Å². The number of hydrogen-bond acceptors (Lipinski definition) is 4. The number of ether oxygens (including phenoxy) is 1. The Morgan fingerprint density at radius 1 is 0.938 bits per heavy atom. The average Bonchev–Trinajstić information content (AvgIpc) is 2.74. The van der Waals surface area contributed by atoms with Crippen LogP contribution in [-0.4, -0.2) is 33.7 Å². The van der Waals surface area contributed by atoms with Crippen LogP contribution in [0.5, 0.6) is 0 Å². The van der Waals surface area contributed by atoms with E-state index in [4.69, 9.17) is 4.74 Å². The normalized spacial score (nSPS) is 17.2. The van der Waals surface area contributed by atoms with Crippen LogP contribution in [-0.2, 0) is 22.6 Å². The van der Waals surface area contributed by atoms with Crippen LogP contribution in [0.3, 0.4) is 0 Å². The van der Waals surface area contributed by atoms with Gasteiger partial charge in [-0.05, 0) is 50.7 Å². The Morgan fingerprint density at radius 3 is 1.91 bits per heavy atom. The van der Waals surface area contributed by atoms with Crippen molar-refractivity contribution in [2.45, 2.75) is 90.1 Å². The van der Waals surface area contributed by atoms with Crippen molar-refractivity contribution in [1.82, 2.24) is 4.90 Å². The van der Waals surface area contributed by atoms with Gasteiger partial charge in [-0.25, -0.2) is 0 Å². The highest BCUT2D eigenvalue weighted by molar-refractivity contribution is 5.70. The summed E-state index contributed by atoms with van der Waals surface area (Å²) < 4.78 is 5.54. The van der Waals surface area contributed by atoms with Crippen molar-refractivity contribution in [3.05, 3.63) is 71.8 Å². The van der Waals surface area contributed by atoms with Crippen molar-refractivity contribution in [2.24, 2.45) is 5.92 Å². The van der Waals surface area contributed by atoms with Gasteiger partial charge in [0.1, 0.15) is 5.60 Å². The van der Waals surface area contributed by atoms with Gasteiger partial charge in [-0.15, -0.1) is 0 Å². The minimum Gasteiger partial charge on any atom is -0.460 e. The van der Waals surface area contributed by atoms with Crippen molar-refractivity contribution >= 4 is 5.97 Å². The molecule has 0 aromatic heterocycles. The molecule has 1 aliphatic rings. The Bertz CT molecular complexity index is 768. The Kier molecular flexibility index (Phi) is 8.89. The van der Waals surface area contributed by atoms with E-state index < -0.39 is 11.7 Å². The third kappa shape index (κ3) is 7.75. The lowest BCUT2D eigenvalue weighted by atomic mass is 9.80. The standard InChI is InChI=1S/C28H39NO3/c1-28(2,3)32-26(31)19-25(30)27(24-17-11-6-12-18-24)29(20-22-13-7-4-8-14-22)21-23-15-9-5-10-16-23/h4-5,7-10,13-16,24-25,27,30H,6,11-12,17-21H2,1-3H3/t25-,27-/m0/s1. The smallest absolute Gasteiger partial charge is 0.308 e. The van der Waals surface area contributed by atoms with Gasteiger partial charge >= 0.3 is 5.97 Å². The molecule has 4 nitrogen and oxygen atoms in total. The highest BCUT2D eigenvalue weighted by Crippen LogP contribution is 2.33. The zero-order chi connectivity index (χ0) is 23.0. The topological polar surface area (TPSA) is 49.8 Å². The largest absolute Gasteiger partial charge is 0.460 e. The van der Waals surface area contributed by atoms with Gasteiger partial charge in [0.15, 0.2) is 0 Å². The molecule has 0 saturated heterocycles. The van der Waals surface area contributed by atoms with Crippen LogP contribution in [0.2, 0.25) is 0 Å². The van der Waals surface area contributed by atoms with Crippen LogP contribution < -0.4 is 0 Å². The molecule has 0 spiro atoms. The molecular weight excluding hydrogens is 398 g/mol. The molecule has 0 amide bonds. The van der Waals surface area contributed by atoms with Crippen LogP contribution in [0.1, 0.15) is 70.4 Å². The number of carbonyl (C=O) groups excluding carboxylic acids is 1. The molecule has 1 N–H and O–H groups in total. The van der Waals surface area contributed by atoms with Crippen LogP contribution in [0, 0.1) is 5.92 Å². The molecule has 2 aromatic carbocycles. The van der Waals surface area contributed by atoms with Crippen molar-refractivity contribution in [3.63, 3.8) is 0 Å². The van der Waals surface area contributed by atoms with E-state index in [0.717, 1.165) is 25.9 Å². The number of benzene rings is 2. The summed E-state index contributed by atoms with van der Waals surface area (Å²) in [5.74, 6) is 0.0405. The number of aliphatic hydroxyl groups excluding tert-OH is 1. The molecule has 2 aromatic rings. The summed E-state index contributed by atoms with van der Waals surface area (Å²) >= 11 is 0. The second-order valence-corrected chi connectivity index (χ2v) is 10.1. The SMILES string of the molecule is CC(C)(C)OC(=O)C[C@H](O)[C@H](C1CCCCC1)N(Cc1ccccc1)Cc1ccccc1. The molecule has 0 heterocycles. The summed E-state index contributed by atoms with van der Waals surface area (Å²) in [4.78, 5) is 15.0. The van der Waals surface area contributed by atoms with Gasteiger partial charge in [0.2, 0.25) is 0 Å². The van der Waals surface area contributed by atoms with Gasteiger partial charge in [0.05, 0.1) is 12.5 Å². The van der Waals surface area contributed by atoms with Gasteiger partial charge in [-0.1, -0.05) is 79.9 Å². The monoisotopic (exact) mass is 437 g/mol. The lowest BCUT2D eigenvalue weighted by Gasteiger charge is -2.41. The molecule has 1 fully saturated rings. The Balaban J connectivity index is 1.87. The summed E-state index contributed by atoms with van der Waals surface area (Å²) in [5.41, 5.74) is 1.88. The average molecular weight is 438 g/mol. The van der Waals surface area contributed by atoms with Gasteiger partial charge in [-0.3, -0.25) is 9.69 Å². The highest BCUT2D eigenvalue weighted by Gasteiger charge is 2.36. The lowest BCUT2D eigenvalue weighted by Crippen LogP contribution is -2.49. The lowest BCUT2D eigenvalue weighted by molar-refractivity contribution is -0.158. The molecule has 0 unspecified atom stereocenters. The molecule has 0 aliphatic heterocycles. The summed E-state index contributed by atoms with van der Waals surface area (Å²) in [5, 5.41) is 11.4. The van der Waals surface area contributed by atoms with E-state index in [2.05, 4.69) is 53.4 Å². The Morgan fingerprint density at radius 2 is 1.44 bits per heavy atom. The number of rotatable bonds is 9. The molecule has 174 valence electrons. The predicted octanol–water partition coefficient (Wildman–Crippen LogP) is 5.73. The quantitative estimate of drug-likeness (QED) is 0.509. The molecule has 3 rings (SSSR count). The van der Waals surface area contributed by atoms with Gasteiger partial charge < -0.3 is 9.84 Å².